The molecule has 2 N–H and O–H groups in total. The largest absolute Gasteiger partial charge is 0.384 e. The van der Waals surface area contributed by atoms with Gasteiger partial charge in [0.25, 0.3) is 0 Å². The van der Waals surface area contributed by atoms with Crippen molar-refractivity contribution in [3.63, 3.8) is 0 Å². The van der Waals surface area contributed by atoms with Gasteiger partial charge in [0.2, 0.25) is 0 Å². The topological polar surface area (TPSA) is 24.1 Å². The highest BCUT2D eigenvalue weighted by atomic mass is 15.0. The Morgan fingerprint density at radius 3 is 3.13 bits per heavy atom. The van der Waals surface area contributed by atoms with Gasteiger partial charge >= 0.3 is 0 Å². The van der Waals surface area contributed by atoms with Gasteiger partial charge in [-0.3, -0.25) is 0 Å². The maximum Gasteiger partial charge on any atom is 0.0376 e. The molecule has 1 aliphatic heterocycles. The van der Waals surface area contributed by atoms with Crippen molar-refractivity contribution >= 4 is 5.69 Å². The highest BCUT2D eigenvalue weighted by Crippen LogP contribution is 2.29. The van der Waals surface area contributed by atoms with Crippen molar-refractivity contribution in [3.05, 3.63) is 29.3 Å². The molecule has 1 heterocycles. The van der Waals surface area contributed by atoms with Gasteiger partial charge in [-0.1, -0.05) is 19.1 Å². The number of hydrogen-bond acceptors (Lipinski definition) is 2. The van der Waals surface area contributed by atoms with Gasteiger partial charge in [0.15, 0.2) is 0 Å². The molecule has 1 aromatic rings. The zero-order valence-corrected chi connectivity index (χ0v) is 9.22. The maximum absolute atomic E-state index is 3.59. The third-order valence-corrected chi connectivity index (χ3v) is 3.56. The predicted molar refractivity (Wildman–Crippen MR) is 63.0 cm³/mol. The Morgan fingerprint density at radius 1 is 1.47 bits per heavy atom. The van der Waals surface area contributed by atoms with E-state index in [1.54, 1.807) is 0 Å². The van der Waals surface area contributed by atoms with Crippen LogP contribution in [-0.4, -0.2) is 12.6 Å². The predicted octanol–water partition coefficient (Wildman–Crippen LogP) is 2.15. The Labute approximate surface area is 91.1 Å². The second kappa shape index (κ2) is 3.53. The average Bonchev–Trinajstić information content (AvgIpc) is 2.78. The van der Waals surface area contributed by atoms with E-state index in [0.29, 0.717) is 0 Å². The van der Waals surface area contributed by atoms with Crippen LogP contribution in [0.4, 0.5) is 5.69 Å². The van der Waals surface area contributed by atoms with Crippen LogP contribution in [0.15, 0.2) is 18.2 Å². The quantitative estimate of drug-likeness (QED) is 0.785. The Balaban J connectivity index is 1.65. The van der Waals surface area contributed by atoms with Gasteiger partial charge in [-0.15, -0.1) is 0 Å². The number of fused-ring (bicyclic) bond motifs is 1. The second-order valence-corrected chi connectivity index (χ2v) is 4.87. The summed E-state index contributed by atoms with van der Waals surface area (Å²) in [4.78, 5) is 0. The van der Waals surface area contributed by atoms with Gasteiger partial charge in [-0.2, -0.15) is 0 Å². The summed E-state index contributed by atoms with van der Waals surface area (Å²) in [6.45, 7) is 4.43. The van der Waals surface area contributed by atoms with Gasteiger partial charge in [-0.05, 0) is 36.0 Å². The molecule has 1 aliphatic carbocycles. The third kappa shape index (κ3) is 1.86. The molecule has 0 saturated heterocycles. The maximum atomic E-state index is 3.59. The smallest absolute Gasteiger partial charge is 0.0376 e. The Hall–Kier alpha value is -1.02. The van der Waals surface area contributed by atoms with Gasteiger partial charge in [0.05, 0.1) is 0 Å². The lowest BCUT2D eigenvalue weighted by molar-refractivity contribution is 0.653. The zero-order chi connectivity index (χ0) is 10.3. The number of rotatable bonds is 3. The number of hydrogen-bond donors (Lipinski definition) is 2. The first-order valence-electron chi connectivity index (χ1n) is 5.92. The molecule has 2 aliphatic rings. The van der Waals surface area contributed by atoms with Crippen molar-refractivity contribution in [1.82, 2.24) is 5.32 Å². The van der Waals surface area contributed by atoms with Crippen LogP contribution in [0.2, 0.25) is 0 Å². The molecule has 2 heteroatoms. The molecular weight excluding hydrogens is 184 g/mol. The Morgan fingerprint density at radius 2 is 2.33 bits per heavy atom. The average molecular weight is 202 g/mol. The number of anilines is 1. The summed E-state index contributed by atoms with van der Waals surface area (Å²) in [7, 11) is 0. The van der Waals surface area contributed by atoms with Crippen molar-refractivity contribution in [2.24, 2.45) is 5.92 Å². The van der Waals surface area contributed by atoms with E-state index in [1.165, 1.54) is 29.7 Å². The number of nitrogens with one attached hydrogen (secondary N) is 2. The molecule has 1 saturated carbocycles. The molecule has 0 radical (unpaired) electrons. The molecule has 0 bridgehead atoms. The fraction of sp³-hybridized carbons (Fsp3) is 0.538. The van der Waals surface area contributed by atoms with Crippen molar-refractivity contribution in [3.8, 4) is 0 Å². The molecule has 15 heavy (non-hydrogen) atoms. The lowest BCUT2D eigenvalue weighted by Gasteiger charge is -2.06. The summed E-state index contributed by atoms with van der Waals surface area (Å²) in [5.41, 5.74) is 4.22. The van der Waals surface area contributed by atoms with E-state index in [2.05, 4.69) is 35.8 Å². The minimum atomic E-state index is 0.770. The van der Waals surface area contributed by atoms with Crippen molar-refractivity contribution in [1.29, 1.82) is 0 Å². The number of benzene rings is 1. The van der Waals surface area contributed by atoms with Gasteiger partial charge in [0.1, 0.15) is 0 Å². The fourth-order valence-corrected chi connectivity index (χ4v) is 2.30. The molecule has 80 valence electrons. The van der Waals surface area contributed by atoms with E-state index in [9.17, 15) is 0 Å². The summed E-state index contributed by atoms with van der Waals surface area (Å²) >= 11 is 0. The minimum absolute atomic E-state index is 0.770. The highest BCUT2D eigenvalue weighted by molar-refractivity contribution is 5.57. The standard InChI is InChI=1S/C13H18N2/c1-9-6-12(9)15-8-10-2-3-11-4-5-14-13(11)7-10/h2-3,7,9,12,14-15H,4-6,8H2,1H3. The fourth-order valence-electron chi connectivity index (χ4n) is 2.30. The van der Waals surface area contributed by atoms with Crippen LogP contribution in [0.5, 0.6) is 0 Å². The molecule has 1 aromatic carbocycles. The Bertz CT molecular complexity index is 373. The van der Waals surface area contributed by atoms with E-state index < -0.39 is 0 Å². The lowest BCUT2D eigenvalue weighted by atomic mass is 10.1. The van der Waals surface area contributed by atoms with Crippen LogP contribution in [0.3, 0.4) is 0 Å². The molecule has 3 rings (SSSR count). The summed E-state index contributed by atoms with van der Waals surface area (Å²) in [5, 5.41) is 7.01. The third-order valence-electron chi connectivity index (χ3n) is 3.56. The van der Waals surface area contributed by atoms with E-state index in [1.807, 2.05) is 0 Å². The van der Waals surface area contributed by atoms with Crippen LogP contribution in [0.1, 0.15) is 24.5 Å². The zero-order valence-electron chi connectivity index (χ0n) is 9.22. The molecule has 0 amide bonds. The molecule has 0 spiro atoms. The van der Waals surface area contributed by atoms with E-state index >= 15 is 0 Å². The van der Waals surface area contributed by atoms with Gasteiger partial charge in [-0.25, -0.2) is 0 Å². The summed E-state index contributed by atoms with van der Waals surface area (Å²) in [6, 6.07) is 7.59. The summed E-state index contributed by atoms with van der Waals surface area (Å²) in [5.74, 6) is 0.887. The second-order valence-electron chi connectivity index (χ2n) is 4.87. The van der Waals surface area contributed by atoms with Gasteiger partial charge in [0, 0.05) is 24.8 Å². The minimum Gasteiger partial charge on any atom is -0.384 e. The highest BCUT2D eigenvalue weighted by Gasteiger charge is 2.31. The van der Waals surface area contributed by atoms with E-state index in [0.717, 1.165) is 25.0 Å². The molecule has 2 unspecified atom stereocenters. The van der Waals surface area contributed by atoms with Crippen LogP contribution in [-0.2, 0) is 13.0 Å². The van der Waals surface area contributed by atoms with Crippen molar-refractivity contribution in [2.75, 3.05) is 11.9 Å². The van der Waals surface area contributed by atoms with E-state index in [4.69, 9.17) is 0 Å². The first-order valence-corrected chi connectivity index (χ1v) is 5.92. The summed E-state index contributed by atoms with van der Waals surface area (Å²) < 4.78 is 0. The van der Waals surface area contributed by atoms with Gasteiger partial charge < -0.3 is 10.6 Å². The monoisotopic (exact) mass is 202 g/mol. The SMILES string of the molecule is CC1CC1NCc1ccc2c(c1)NCC2. The van der Waals surface area contributed by atoms with Crippen LogP contribution in [0.25, 0.3) is 0 Å². The van der Waals surface area contributed by atoms with Crippen molar-refractivity contribution < 1.29 is 0 Å². The first kappa shape index (κ1) is 9.22. The summed E-state index contributed by atoms with van der Waals surface area (Å²) in [6.07, 6.45) is 2.53. The normalized spacial score (nSPS) is 27.3. The van der Waals surface area contributed by atoms with E-state index in [-0.39, 0.29) is 0 Å². The van der Waals surface area contributed by atoms with Crippen LogP contribution in [0, 0.1) is 5.92 Å². The molecular formula is C13H18N2. The Kier molecular flexibility index (Phi) is 2.17. The first-order chi connectivity index (χ1) is 7.33. The molecule has 2 atom stereocenters. The van der Waals surface area contributed by atoms with Crippen molar-refractivity contribution in [2.45, 2.75) is 32.4 Å². The van der Waals surface area contributed by atoms with Crippen LogP contribution >= 0.6 is 0 Å². The molecule has 2 nitrogen and oxygen atoms in total. The lowest BCUT2D eigenvalue weighted by Crippen LogP contribution is -2.16. The van der Waals surface area contributed by atoms with Crippen LogP contribution < -0.4 is 10.6 Å². The molecule has 1 fully saturated rings. The molecule has 0 aromatic heterocycles.